The van der Waals surface area contributed by atoms with Crippen LogP contribution in [-0.4, -0.2) is 18.9 Å². The van der Waals surface area contributed by atoms with Gasteiger partial charge in [0, 0.05) is 18.1 Å². The molecular weight excluding hydrogens is 1040 g/mol. The molecule has 0 fully saturated rings. The molecule has 0 aliphatic heterocycles. The summed E-state index contributed by atoms with van der Waals surface area (Å²) in [5.41, 5.74) is 4.90. The van der Waals surface area contributed by atoms with Crippen LogP contribution < -0.4 is 0 Å². The smallest absolute Gasteiger partial charge is 0.463 e. The molecule has 0 unspecified atom stereocenters. The number of unbranched alkanes of at least 4 members (excludes halogenated alkanes) is 2. The summed E-state index contributed by atoms with van der Waals surface area (Å²) in [6.45, 7) is 9.41. The van der Waals surface area contributed by atoms with Crippen molar-refractivity contribution in [3.63, 3.8) is 0 Å². The van der Waals surface area contributed by atoms with Crippen molar-refractivity contribution in [2.45, 2.75) is 32.6 Å². The predicted molar refractivity (Wildman–Crippen MR) is 181 cm³/mol. The van der Waals surface area contributed by atoms with Gasteiger partial charge in [-0.05, 0) is 47.7 Å². The minimum Gasteiger partial charge on any atom is -0.463 e. The van der Waals surface area contributed by atoms with E-state index in [1.54, 1.807) is 24.3 Å². The van der Waals surface area contributed by atoms with E-state index in [0.717, 1.165) is 64.8 Å². The standard InChI is InChI=1S/C23H18F.C11H6O.C7H11O2.2U/c1-2-3-5-8-18-11-13-19(14-12-18)21-15-16-22(23(24)17-21)20-9-6-4-7-10-20;12-8-9-5-6-10-3-1-2-4-11(10)7-9;1-3-5-6-9-7(8)4-2;;/h6-7,9-17H,2-3H2,1H3;2-7H;4H,1-3,5-6H2;;/q-1;-2;-1;2*+2. The van der Waals surface area contributed by atoms with Gasteiger partial charge in [0.05, 0.1) is 12.9 Å². The van der Waals surface area contributed by atoms with Gasteiger partial charge in [0.2, 0.25) is 0 Å². The van der Waals surface area contributed by atoms with Crippen LogP contribution in [0.5, 0.6) is 0 Å². The Morgan fingerprint density at radius 1 is 0.915 bits per heavy atom. The number of carbonyl (C=O) groups is 1. The number of carbonyl (C=O) groups excluding carboxylic acids is 2. The van der Waals surface area contributed by atoms with Crippen LogP contribution in [0, 0.1) is 98.9 Å². The molecule has 0 amide bonds. The molecule has 0 aliphatic rings. The fourth-order valence-electron chi connectivity index (χ4n) is 4.05. The van der Waals surface area contributed by atoms with E-state index in [4.69, 9.17) is 0 Å². The first-order valence-corrected chi connectivity index (χ1v) is 14.7. The van der Waals surface area contributed by atoms with Crippen molar-refractivity contribution in [1.82, 2.24) is 0 Å². The third kappa shape index (κ3) is 14.6. The van der Waals surface area contributed by atoms with Gasteiger partial charge < -0.3 is 16.5 Å². The van der Waals surface area contributed by atoms with Gasteiger partial charge in [0.1, 0.15) is 5.82 Å². The van der Waals surface area contributed by atoms with E-state index in [0.29, 0.717) is 17.7 Å². The topological polar surface area (TPSA) is 43.4 Å². The number of benzene rings is 5. The molecule has 0 saturated heterocycles. The summed E-state index contributed by atoms with van der Waals surface area (Å²) in [5, 5.41) is 2.14. The zero-order valence-corrected chi connectivity index (χ0v) is 34.8. The van der Waals surface area contributed by atoms with Crippen molar-refractivity contribution in [1.29, 1.82) is 0 Å². The Morgan fingerprint density at radius 3 is 2.26 bits per heavy atom. The van der Waals surface area contributed by atoms with Crippen molar-refractivity contribution in [3.8, 4) is 34.1 Å². The first kappa shape index (κ1) is 41.9. The first-order valence-electron chi connectivity index (χ1n) is 14.7. The fourth-order valence-corrected chi connectivity index (χ4v) is 4.05. The van der Waals surface area contributed by atoms with E-state index in [2.05, 4.69) is 49.1 Å². The molecule has 0 heterocycles. The summed E-state index contributed by atoms with van der Waals surface area (Å²) in [6, 6.07) is 37.7. The quantitative estimate of drug-likeness (QED) is 0.0512. The van der Waals surface area contributed by atoms with Crippen LogP contribution in [0.1, 0.15) is 43.7 Å². The number of ether oxygens (including phenoxy) is 1. The predicted octanol–water partition coefficient (Wildman–Crippen LogP) is 9.54. The summed E-state index contributed by atoms with van der Waals surface area (Å²) in [6.07, 6.45) is 6.60. The summed E-state index contributed by atoms with van der Waals surface area (Å²) in [5.74, 6) is 5.70. The summed E-state index contributed by atoms with van der Waals surface area (Å²) >= 11 is 0. The SMILES string of the molecule is C=CC(=O)OCCC[CH2-].CCCC#Cc1ccc(-c2ccc(-c3cc[c-]cc3)c(F)c2)cc1.O=[C-]c1ccc2c[c-]ccc2c1.[U+2].[U+2]. The van der Waals surface area contributed by atoms with Crippen molar-refractivity contribution in [3.05, 3.63) is 152 Å². The Kier molecular flexibility index (Phi) is 21.4. The van der Waals surface area contributed by atoms with E-state index in [1.807, 2.05) is 85.1 Å². The Bertz CT molecular complexity index is 1740. The van der Waals surface area contributed by atoms with Gasteiger partial charge in [0.25, 0.3) is 0 Å². The monoisotopic (exact) mass is 1070 g/mol. The molecule has 47 heavy (non-hydrogen) atoms. The Balaban J connectivity index is 0.000000402. The maximum Gasteiger partial charge on any atom is 2.00 e. The van der Waals surface area contributed by atoms with Crippen LogP contribution in [0.4, 0.5) is 4.39 Å². The molecule has 5 aromatic carbocycles. The van der Waals surface area contributed by atoms with Crippen molar-refractivity contribution >= 4 is 23.0 Å². The van der Waals surface area contributed by atoms with Gasteiger partial charge in [-0.15, -0.1) is 5.56 Å². The van der Waals surface area contributed by atoms with Crippen LogP contribution in [0.25, 0.3) is 33.0 Å². The van der Waals surface area contributed by atoms with Gasteiger partial charge in [-0.3, -0.25) is 0 Å². The average molecular weight is 1070 g/mol. The van der Waals surface area contributed by atoms with Gasteiger partial charge >= 0.3 is 68.2 Å². The molecule has 232 valence electrons. The molecule has 5 rings (SSSR count). The second-order valence-electron chi connectivity index (χ2n) is 9.78. The second kappa shape index (κ2) is 24.0. The van der Waals surface area contributed by atoms with E-state index >= 15 is 0 Å². The molecule has 0 bridgehead atoms. The maximum absolute atomic E-state index is 14.5. The number of hydrogen-bond acceptors (Lipinski definition) is 3. The van der Waals surface area contributed by atoms with Crippen molar-refractivity contribution in [2.24, 2.45) is 0 Å². The van der Waals surface area contributed by atoms with Crippen LogP contribution >= 0.6 is 0 Å². The molecule has 3 nitrogen and oxygen atoms in total. The molecule has 0 saturated carbocycles. The largest absolute Gasteiger partial charge is 2.00 e. The summed E-state index contributed by atoms with van der Waals surface area (Å²) in [7, 11) is 0. The normalized spacial score (nSPS) is 9.34. The third-order valence-electron chi connectivity index (χ3n) is 6.43. The zero-order valence-electron chi connectivity index (χ0n) is 26.4. The Hall–Kier alpha value is -3.17. The van der Waals surface area contributed by atoms with Gasteiger partial charge in [-0.2, -0.15) is 95.6 Å². The number of rotatable bonds is 8. The Morgan fingerprint density at radius 2 is 1.62 bits per heavy atom. The number of halogens is 1. The van der Waals surface area contributed by atoms with E-state index in [-0.39, 0.29) is 74.0 Å². The van der Waals surface area contributed by atoms with E-state index < -0.39 is 0 Å². The number of hydrogen-bond donors (Lipinski definition) is 0. The second-order valence-corrected chi connectivity index (χ2v) is 9.78. The summed E-state index contributed by atoms with van der Waals surface area (Å²) < 4.78 is 19.1. The molecule has 0 atom stereocenters. The first-order chi connectivity index (χ1) is 22.0. The fraction of sp³-hybridized carbons (Fsp3) is 0.146. The van der Waals surface area contributed by atoms with E-state index in [1.165, 1.54) is 0 Å². The molecular formula is C41H35FO3U2. The summed E-state index contributed by atoms with van der Waals surface area (Å²) in [4.78, 5) is 20.6. The van der Waals surface area contributed by atoms with Gasteiger partial charge in [-0.25, -0.2) is 9.18 Å². The average Bonchev–Trinajstić information content (AvgIpc) is 3.09. The number of fused-ring (bicyclic) bond motifs is 1. The maximum atomic E-state index is 14.5. The molecule has 5 aromatic rings. The van der Waals surface area contributed by atoms with Crippen LogP contribution in [0.15, 0.2) is 116 Å². The molecule has 0 radical (unpaired) electrons. The number of esters is 1. The van der Waals surface area contributed by atoms with Crippen molar-refractivity contribution in [2.75, 3.05) is 6.61 Å². The Labute approximate surface area is 326 Å². The minimum absolute atomic E-state index is 0. The van der Waals surface area contributed by atoms with Crippen LogP contribution in [-0.2, 0) is 14.3 Å². The molecule has 6 heteroatoms. The molecule has 0 spiro atoms. The van der Waals surface area contributed by atoms with Crippen molar-refractivity contribution < 1.29 is 80.9 Å². The third-order valence-corrected chi connectivity index (χ3v) is 6.43. The minimum atomic E-state index is -0.358. The molecule has 0 N–H and O–H groups in total. The zero-order chi connectivity index (χ0) is 32.3. The van der Waals surface area contributed by atoms with Gasteiger partial charge in [0.15, 0.2) is 0 Å². The van der Waals surface area contributed by atoms with Crippen LogP contribution in [0.2, 0.25) is 0 Å². The van der Waals surface area contributed by atoms with Crippen LogP contribution in [0.3, 0.4) is 0 Å². The molecule has 0 aromatic heterocycles. The van der Waals surface area contributed by atoms with E-state index in [9.17, 15) is 14.0 Å². The van der Waals surface area contributed by atoms with Gasteiger partial charge in [-0.1, -0.05) is 49.6 Å². The molecule has 0 aliphatic carbocycles.